The predicted octanol–water partition coefficient (Wildman–Crippen LogP) is 4.74. The van der Waals surface area contributed by atoms with Crippen LogP contribution in [-0.2, 0) is 10.0 Å². The Kier molecular flexibility index (Phi) is 5.54. The van der Waals surface area contributed by atoms with E-state index in [1.807, 2.05) is 48.5 Å². The van der Waals surface area contributed by atoms with Gasteiger partial charge in [0, 0.05) is 21.8 Å². The minimum absolute atomic E-state index is 0.213. The fourth-order valence-electron chi connectivity index (χ4n) is 4.77. The average molecular weight is 491 g/mol. The highest BCUT2D eigenvalue weighted by Gasteiger charge is 2.39. The largest absolute Gasteiger partial charge is 0.573 e. The Bertz CT molecular complexity index is 1400. The molecule has 0 saturated heterocycles. The summed E-state index contributed by atoms with van der Waals surface area (Å²) in [6.45, 7) is 0. The number of fused-ring (bicyclic) bond motifs is 3. The van der Waals surface area contributed by atoms with Gasteiger partial charge in [0.25, 0.3) is 0 Å². The molecule has 178 valence electrons. The Labute approximate surface area is 193 Å². The third-order valence-corrected chi connectivity index (χ3v) is 7.71. The number of sulfonamides is 1. The fourth-order valence-corrected chi connectivity index (χ4v) is 6.05. The van der Waals surface area contributed by atoms with E-state index in [1.165, 1.54) is 0 Å². The second-order valence-electron chi connectivity index (χ2n) is 8.29. The minimum atomic E-state index is -4.87. The lowest BCUT2D eigenvalue weighted by Crippen LogP contribution is -2.42. The first-order valence-corrected chi connectivity index (χ1v) is 12.2. The molecular weight excluding hydrogens is 469 g/mol. The molecule has 1 heterocycles. The van der Waals surface area contributed by atoms with E-state index in [0.717, 1.165) is 46.1 Å². The number of aromatic nitrogens is 1. The van der Waals surface area contributed by atoms with E-state index in [9.17, 15) is 26.7 Å². The van der Waals surface area contributed by atoms with E-state index in [2.05, 4.69) is 14.0 Å². The summed E-state index contributed by atoms with van der Waals surface area (Å²) in [5, 5.41) is 13.2. The molecule has 2 N–H and O–H groups in total. The molecule has 1 saturated carbocycles. The standard InChI is InChI=1S/C24H21F3N2O4S/c25-24(26,27)33-15-9-11-16(12-10-15)34(31,32)28-19-13-14-22(23(19)30)29-20-7-3-1-5-17(20)18-6-2-4-8-21(18)29/h1-12,19,22-23,28,30H,13-14H2/t19-,22?,23+/m1/s1. The summed E-state index contributed by atoms with van der Waals surface area (Å²) >= 11 is 0. The molecule has 0 bridgehead atoms. The van der Waals surface area contributed by atoms with Gasteiger partial charge in [-0.05, 0) is 49.2 Å². The Balaban J connectivity index is 1.40. The molecule has 34 heavy (non-hydrogen) atoms. The Morgan fingerprint density at radius 2 is 1.44 bits per heavy atom. The monoisotopic (exact) mass is 490 g/mol. The maximum absolute atomic E-state index is 12.9. The maximum Gasteiger partial charge on any atom is 0.573 e. The van der Waals surface area contributed by atoms with Crippen molar-refractivity contribution in [2.45, 2.75) is 42.3 Å². The number of hydrogen-bond acceptors (Lipinski definition) is 4. The van der Waals surface area contributed by atoms with Crippen molar-refractivity contribution in [2.24, 2.45) is 0 Å². The number of para-hydroxylation sites is 2. The Morgan fingerprint density at radius 3 is 2.00 bits per heavy atom. The van der Waals surface area contributed by atoms with Crippen LogP contribution in [0.4, 0.5) is 13.2 Å². The van der Waals surface area contributed by atoms with Gasteiger partial charge in [0.2, 0.25) is 10.0 Å². The number of aliphatic hydroxyl groups excluding tert-OH is 1. The van der Waals surface area contributed by atoms with Crippen LogP contribution in [0, 0.1) is 0 Å². The van der Waals surface area contributed by atoms with Gasteiger partial charge in [-0.25, -0.2) is 13.1 Å². The van der Waals surface area contributed by atoms with Crippen LogP contribution >= 0.6 is 0 Å². The molecule has 0 amide bonds. The fraction of sp³-hybridized carbons (Fsp3) is 0.250. The van der Waals surface area contributed by atoms with E-state index < -0.39 is 34.3 Å². The molecule has 10 heteroatoms. The number of halogens is 3. The van der Waals surface area contributed by atoms with E-state index in [1.54, 1.807) is 0 Å². The summed E-state index contributed by atoms with van der Waals surface area (Å²) in [5.74, 6) is -0.515. The summed E-state index contributed by atoms with van der Waals surface area (Å²) < 4.78 is 71.2. The van der Waals surface area contributed by atoms with Crippen molar-refractivity contribution in [3.63, 3.8) is 0 Å². The van der Waals surface area contributed by atoms with Crippen molar-refractivity contribution < 1.29 is 31.4 Å². The molecule has 5 rings (SSSR count). The van der Waals surface area contributed by atoms with Crippen LogP contribution in [0.5, 0.6) is 5.75 Å². The highest BCUT2D eigenvalue weighted by molar-refractivity contribution is 7.89. The molecule has 3 atom stereocenters. The molecular formula is C24H21F3N2O4S. The van der Waals surface area contributed by atoms with Gasteiger partial charge in [-0.2, -0.15) is 0 Å². The number of ether oxygens (including phenoxy) is 1. The topological polar surface area (TPSA) is 80.6 Å². The Morgan fingerprint density at radius 1 is 0.882 bits per heavy atom. The van der Waals surface area contributed by atoms with Crippen molar-refractivity contribution >= 4 is 31.8 Å². The molecule has 0 aliphatic heterocycles. The molecule has 1 aliphatic rings. The number of rotatable bonds is 5. The first kappa shape index (κ1) is 22.7. The van der Waals surface area contributed by atoms with E-state index >= 15 is 0 Å². The zero-order valence-electron chi connectivity index (χ0n) is 17.7. The molecule has 1 aromatic heterocycles. The highest BCUT2D eigenvalue weighted by atomic mass is 32.2. The maximum atomic E-state index is 12.9. The van der Waals surface area contributed by atoms with Gasteiger partial charge in [0.15, 0.2) is 0 Å². The van der Waals surface area contributed by atoms with Gasteiger partial charge >= 0.3 is 6.36 Å². The average Bonchev–Trinajstić information content (AvgIpc) is 3.30. The number of hydrogen-bond donors (Lipinski definition) is 2. The van der Waals surface area contributed by atoms with Gasteiger partial charge < -0.3 is 14.4 Å². The molecule has 3 aromatic carbocycles. The van der Waals surface area contributed by atoms with Crippen molar-refractivity contribution in [3.05, 3.63) is 72.8 Å². The molecule has 4 aromatic rings. The van der Waals surface area contributed by atoms with Crippen LogP contribution < -0.4 is 9.46 Å². The number of nitrogens with zero attached hydrogens (tertiary/aromatic N) is 1. The molecule has 6 nitrogen and oxygen atoms in total. The smallest absolute Gasteiger partial charge is 0.406 e. The van der Waals surface area contributed by atoms with Crippen LogP contribution in [0.1, 0.15) is 18.9 Å². The highest BCUT2D eigenvalue weighted by Crippen LogP contribution is 2.39. The zero-order chi connectivity index (χ0) is 24.1. The molecule has 0 spiro atoms. The van der Waals surface area contributed by atoms with Crippen molar-refractivity contribution in [3.8, 4) is 5.75 Å². The number of aliphatic hydroxyl groups is 1. The summed E-state index contributed by atoms with van der Waals surface area (Å²) in [5.41, 5.74) is 1.91. The van der Waals surface area contributed by atoms with Crippen molar-refractivity contribution in [1.82, 2.24) is 9.29 Å². The second kappa shape index (κ2) is 8.30. The van der Waals surface area contributed by atoms with Crippen LogP contribution in [0.15, 0.2) is 77.7 Å². The summed E-state index contributed by atoms with van der Waals surface area (Å²) in [4.78, 5) is -0.213. The lowest BCUT2D eigenvalue weighted by Gasteiger charge is -2.23. The van der Waals surface area contributed by atoms with Crippen LogP contribution in [0.25, 0.3) is 21.8 Å². The van der Waals surface area contributed by atoms with E-state index in [0.29, 0.717) is 12.8 Å². The Hall–Kier alpha value is -3.08. The first-order valence-electron chi connectivity index (χ1n) is 10.7. The first-order chi connectivity index (χ1) is 16.1. The minimum Gasteiger partial charge on any atom is -0.406 e. The SMILES string of the molecule is O=S(=O)(N[C@@H]1CCC(n2c3ccccc3c3ccccc32)[C@H]1O)c1ccc(OC(F)(F)F)cc1. The lowest BCUT2D eigenvalue weighted by molar-refractivity contribution is -0.274. The number of nitrogens with one attached hydrogen (secondary N) is 1. The van der Waals surface area contributed by atoms with Gasteiger partial charge in [-0.1, -0.05) is 36.4 Å². The van der Waals surface area contributed by atoms with Crippen LogP contribution in [0.3, 0.4) is 0 Å². The molecule has 1 aliphatic carbocycles. The van der Waals surface area contributed by atoms with Crippen molar-refractivity contribution in [1.29, 1.82) is 0 Å². The zero-order valence-corrected chi connectivity index (χ0v) is 18.6. The van der Waals surface area contributed by atoms with Gasteiger partial charge in [0.05, 0.1) is 23.1 Å². The van der Waals surface area contributed by atoms with Crippen LogP contribution in [-0.4, -0.2) is 36.6 Å². The van der Waals surface area contributed by atoms with Gasteiger partial charge in [0.1, 0.15) is 5.75 Å². The summed E-state index contributed by atoms with van der Waals surface area (Å²) in [6, 6.07) is 18.6. The normalized spacial score (nSPS) is 21.4. The van der Waals surface area contributed by atoms with Gasteiger partial charge in [-0.3, -0.25) is 0 Å². The van der Waals surface area contributed by atoms with Gasteiger partial charge in [-0.15, -0.1) is 13.2 Å². The lowest BCUT2D eigenvalue weighted by atomic mass is 10.1. The third kappa shape index (κ3) is 4.13. The molecule has 0 radical (unpaired) electrons. The summed E-state index contributed by atoms with van der Waals surface area (Å²) in [6.07, 6.45) is -4.91. The molecule has 1 unspecified atom stereocenters. The quantitative estimate of drug-likeness (QED) is 0.424. The van der Waals surface area contributed by atoms with E-state index in [-0.39, 0.29) is 10.9 Å². The number of alkyl halides is 3. The van der Waals surface area contributed by atoms with Crippen molar-refractivity contribution in [2.75, 3.05) is 0 Å². The summed E-state index contributed by atoms with van der Waals surface area (Å²) in [7, 11) is -4.07. The van der Waals surface area contributed by atoms with E-state index in [4.69, 9.17) is 0 Å². The third-order valence-electron chi connectivity index (χ3n) is 6.20. The predicted molar refractivity (Wildman–Crippen MR) is 121 cm³/mol. The second-order valence-corrected chi connectivity index (χ2v) is 10.0. The molecule has 1 fully saturated rings. The van der Waals surface area contributed by atoms with Crippen LogP contribution in [0.2, 0.25) is 0 Å². The number of benzene rings is 3.